The Morgan fingerprint density at radius 3 is 2.06 bits per heavy atom. The normalized spacial score (nSPS) is 13.0. The van der Waals surface area contributed by atoms with Crippen LogP contribution in [0.25, 0.3) is 21.6 Å². The lowest BCUT2D eigenvalue weighted by molar-refractivity contribution is -2.00. The van der Waals surface area contributed by atoms with Gasteiger partial charge in [-0.2, -0.15) is 0 Å². The molecular weight excluding hydrogens is 440 g/mol. The van der Waals surface area contributed by atoms with Crippen molar-refractivity contribution in [3.8, 4) is 33.1 Å². The number of benzene rings is 2. The molecule has 0 fully saturated rings. The van der Waals surface area contributed by atoms with E-state index in [1.807, 2.05) is 17.4 Å². The van der Waals surface area contributed by atoms with Crippen molar-refractivity contribution < 1.29 is 38.4 Å². The van der Waals surface area contributed by atoms with Crippen molar-refractivity contribution in [1.29, 1.82) is 0 Å². The van der Waals surface area contributed by atoms with Crippen molar-refractivity contribution in [3.05, 3.63) is 65.0 Å². The van der Waals surface area contributed by atoms with E-state index in [-0.39, 0.29) is 0 Å². The fourth-order valence-corrected chi connectivity index (χ4v) is 4.94. The third-order valence-electron chi connectivity index (χ3n) is 5.00. The van der Waals surface area contributed by atoms with Crippen LogP contribution in [0.15, 0.2) is 54.6 Å². The van der Waals surface area contributed by atoms with Crippen molar-refractivity contribution in [2.24, 2.45) is 0 Å². The first-order valence-electron chi connectivity index (χ1n) is 9.68. The topological polar surface area (TPSA) is 111 Å². The van der Waals surface area contributed by atoms with E-state index in [9.17, 15) is 0 Å². The molecule has 1 aliphatic carbocycles. The Balaban J connectivity index is 0.000000491. The van der Waals surface area contributed by atoms with Crippen molar-refractivity contribution >= 4 is 11.3 Å². The summed E-state index contributed by atoms with van der Waals surface area (Å²) in [5, 5.41) is 0. The summed E-state index contributed by atoms with van der Waals surface area (Å²) in [5.74, 6) is 1.55. The zero-order chi connectivity index (χ0) is 22.4. The van der Waals surface area contributed by atoms with E-state index in [0.29, 0.717) is 0 Å². The summed E-state index contributed by atoms with van der Waals surface area (Å²) in [6.45, 7) is 0. The summed E-state index contributed by atoms with van der Waals surface area (Å²) < 4.78 is 44.9. The van der Waals surface area contributed by atoms with Crippen molar-refractivity contribution in [3.63, 3.8) is 0 Å². The molecule has 0 saturated heterocycles. The van der Waals surface area contributed by atoms with Crippen LogP contribution >= 0.6 is 11.3 Å². The highest BCUT2D eigenvalue weighted by Crippen LogP contribution is 2.41. The second-order valence-corrected chi connectivity index (χ2v) is 8.84. The second-order valence-electron chi connectivity index (χ2n) is 6.95. The maximum Gasteiger partial charge on any atom is 0.238 e. The molecule has 164 valence electrons. The van der Waals surface area contributed by atoms with Crippen molar-refractivity contribution in [2.45, 2.75) is 25.7 Å². The quantitative estimate of drug-likeness (QED) is 0.543. The van der Waals surface area contributed by atoms with Crippen molar-refractivity contribution in [1.82, 2.24) is 0 Å². The van der Waals surface area contributed by atoms with Gasteiger partial charge in [-0.25, -0.2) is 18.6 Å². The second kappa shape index (κ2) is 10.4. The molecule has 0 spiro atoms. The monoisotopic (exact) mass is 462 g/mol. The Morgan fingerprint density at radius 2 is 1.42 bits per heavy atom. The number of halogens is 1. The van der Waals surface area contributed by atoms with Gasteiger partial charge in [0.1, 0.15) is 0 Å². The molecule has 0 radical (unpaired) electrons. The van der Waals surface area contributed by atoms with E-state index in [0.717, 1.165) is 17.9 Å². The molecule has 8 heteroatoms. The van der Waals surface area contributed by atoms with Crippen LogP contribution in [0.2, 0.25) is 0 Å². The van der Waals surface area contributed by atoms with Gasteiger partial charge in [-0.1, -0.05) is 24.3 Å². The highest BCUT2D eigenvalue weighted by atomic mass is 35.7. The van der Waals surface area contributed by atoms with Gasteiger partial charge in [0.15, 0.2) is 11.5 Å². The van der Waals surface area contributed by atoms with Crippen LogP contribution in [0.4, 0.5) is 0 Å². The number of fused-ring (bicyclic) bond motifs is 1. The van der Waals surface area contributed by atoms with Crippen LogP contribution in [-0.4, -0.2) is 14.2 Å². The summed E-state index contributed by atoms with van der Waals surface area (Å²) in [6.07, 6.45) is 4.89. The SMILES string of the molecule is COc1ccc(-c2cc(-c3ccccc3)[s+]c3c2CCCC3)cc1OC.[O-][Cl+3]([O-])([O-])[O-]. The zero-order valence-electron chi connectivity index (χ0n) is 17.3. The molecule has 31 heavy (non-hydrogen) atoms. The van der Waals surface area contributed by atoms with Gasteiger partial charge < -0.3 is 9.47 Å². The largest absolute Gasteiger partial charge is 0.493 e. The maximum absolute atomic E-state index is 8.49. The minimum absolute atomic E-state index is 0.771. The molecule has 0 unspecified atom stereocenters. The van der Waals surface area contributed by atoms with Gasteiger partial charge in [-0.3, -0.25) is 0 Å². The maximum atomic E-state index is 8.49. The van der Waals surface area contributed by atoms with Gasteiger partial charge in [-0.15, -0.1) is 10.2 Å². The van der Waals surface area contributed by atoms with Crippen LogP contribution in [0.3, 0.4) is 0 Å². The Kier molecular flexibility index (Phi) is 7.83. The number of hydrogen-bond acceptors (Lipinski definition) is 6. The van der Waals surface area contributed by atoms with Gasteiger partial charge in [0.05, 0.1) is 14.2 Å². The van der Waals surface area contributed by atoms with Gasteiger partial charge in [0.2, 0.25) is 21.1 Å². The fourth-order valence-electron chi connectivity index (χ4n) is 3.66. The van der Waals surface area contributed by atoms with E-state index >= 15 is 0 Å². The minimum Gasteiger partial charge on any atom is -0.493 e. The summed E-state index contributed by atoms with van der Waals surface area (Å²) in [4.78, 5) is 2.86. The predicted molar refractivity (Wildman–Crippen MR) is 109 cm³/mol. The van der Waals surface area contributed by atoms with Gasteiger partial charge in [-0.05, 0) is 54.7 Å². The molecule has 0 atom stereocenters. The molecule has 0 saturated carbocycles. The zero-order valence-corrected chi connectivity index (χ0v) is 18.8. The molecule has 1 heterocycles. The summed E-state index contributed by atoms with van der Waals surface area (Å²) in [5.41, 5.74) is 5.32. The molecular formula is C23H23ClO6S. The number of hydrogen-bond donors (Lipinski definition) is 0. The lowest BCUT2D eigenvalue weighted by Crippen LogP contribution is -2.68. The summed E-state index contributed by atoms with van der Waals surface area (Å²) in [7, 11) is -1.57. The van der Waals surface area contributed by atoms with E-state index < -0.39 is 10.2 Å². The Labute approximate surface area is 187 Å². The van der Waals surface area contributed by atoms with Gasteiger partial charge in [0.25, 0.3) is 0 Å². The lowest BCUT2D eigenvalue weighted by Gasteiger charge is -2.17. The third-order valence-corrected chi connectivity index (χ3v) is 6.27. The Hall–Kier alpha value is -2.26. The van der Waals surface area contributed by atoms with Gasteiger partial charge in [0, 0.05) is 23.6 Å². The van der Waals surface area contributed by atoms with Crippen LogP contribution in [0.5, 0.6) is 11.5 Å². The highest BCUT2D eigenvalue weighted by Gasteiger charge is 2.26. The average molecular weight is 463 g/mol. The first-order chi connectivity index (χ1) is 14.8. The first-order valence-corrected chi connectivity index (χ1v) is 11.7. The predicted octanol–water partition coefficient (Wildman–Crippen LogP) is 1.50. The highest BCUT2D eigenvalue weighted by molar-refractivity contribution is 7.15. The first kappa shape index (κ1) is 23.4. The molecule has 0 amide bonds. The van der Waals surface area contributed by atoms with Crippen LogP contribution in [0.1, 0.15) is 23.3 Å². The van der Waals surface area contributed by atoms with E-state index in [2.05, 4.69) is 48.5 Å². The minimum atomic E-state index is -4.94. The molecule has 6 nitrogen and oxygen atoms in total. The standard InChI is InChI=1S/C23H23O2S.ClHO4/c1-24-20-13-12-17(14-21(20)25-2)19-15-23(16-8-4-3-5-9-16)26-22-11-7-6-10-18(19)22;2-1(3,4)5/h3-5,8-9,12-15H,6-7,10-11H2,1-2H3;(H,2,3,4,5)/q+1;/p-1. The van der Waals surface area contributed by atoms with Crippen molar-refractivity contribution in [2.75, 3.05) is 14.2 Å². The molecule has 0 bridgehead atoms. The number of rotatable bonds is 4. The molecule has 1 aromatic heterocycles. The van der Waals surface area contributed by atoms with E-state index in [1.54, 1.807) is 14.2 Å². The van der Waals surface area contributed by atoms with E-state index in [4.69, 9.17) is 28.1 Å². The fraction of sp³-hybridized carbons (Fsp3) is 0.261. The Morgan fingerprint density at radius 1 is 0.774 bits per heavy atom. The van der Waals surface area contributed by atoms with Crippen LogP contribution in [0, 0.1) is 10.2 Å². The smallest absolute Gasteiger partial charge is 0.238 e. The molecule has 1 aliphatic rings. The Bertz CT molecular complexity index is 1010. The molecule has 0 N–H and O–H groups in total. The lowest BCUT2D eigenvalue weighted by atomic mass is 9.91. The van der Waals surface area contributed by atoms with E-state index in [1.165, 1.54) is 51.3 Å². The third kappa shape index (κ3) is 6.36. The molecule has 0 aliphatic heterocycles. The summed E-state index contributed by atoms with van der Waals surface area (Å²) >= 11 is 1.95. The number of aryl methyl sites for hydroxylation is 1. The molecule has 4 rings (SSSR count). The molecule has 2 aromatic carbocycles. The summed E-state index contributed by atoms with van der Waals surface area (Å²) in [6, 6.07) is 19.3. The number of ether oxygens (including phenoxy) is 2. The van der Waals surface area contributed by atoms with Gasteiger partial charge >= 0.3 is 0 Å². The van der Waals surface area contributed by atoms with Crippen LogP contribution in [-0.2, 0) is 12.8 Å². The molecule has 3 aromatic rings. The average Bonchev–Trinajstić information content (AvgIpc) is 2.77. The van der Waals surface area contributed by atoms with Crippen LogP contribution < -0.4 is 28.1 Å². The number of methoxy groups -OCH3 is 2.